The molecule has 0 aliphatic rings. The Hall–Kier alpha value is -2.76. The number of fused-ring (bicyclic) bond motifs is 1. The molecule has 0 aliphatic carbocycles. The highest BCUT2D eigenvalue weighted by molar-refractivity contribution is 5.93. The van der Waals surface area contributed by atoms with Gasteiger partial charge in [-0.05, 0) is 44.0 Å². The first-order valence-corrected chi connectivity index (χ1v) is 9.22. The van der Waals surface area contributed by atoms with Crippen LogP contribution in [0.1, 0.15) is 45.4 Å². The lowest BCUT2D eigenvalue weighted by molar-refractivity contribution is -0.120. The normalized spacial score (nSPS) is 11.2. The zero-order valence-corrected chi connectivity index (χ0v) is 15.6. The zero-order chi connectivity index (χ0) is 18.5. The van der Waals surface area contributed by atoms with Crippen LogP contribution >= 0.6 is 0 Å². The van der Waals surface area contributed by atoms with Gasteiger partial charge in [-0.3, -0.25) is 4.79 Å². The van der Waals surface area contributed by atoms with Crippen molar-refractivity contribution in [3.8, 4) is 11.3 Å². The van der Waals surface area contributed by atoms with Gasteiger partial charge < -0.3 is 5.32 Å². The van der Waals surface area contributed by atoms with Crippen LogP contribution < -0.4 is 5.32 Å². The summed E-state index contributed by atoms with van der Waals surface area (Å²) >= 11 is 0. The molecule has 0 bridgehead atoms. The second kappa shape index (κ2) is 8.08. The number of hydrogen-bond acceptors (Lipinski definition) is 4. The molecule has 2 aromatic heterocycles. The van der Waals surface area contributed by atoms with Gasteiger partial charge in [0, 0.05) is 17.2 Å². The number of nitrogens with zero attached hydrogens (tertiary/aromatic N) is 4. The van der Waals surface area contributed by atoms with Gasteiger partial charge in [0.1, 0.15) is 0 Å². The van der Waals surface area contributed by atoms with Crippen LogP contribution in [-0.2, 0) is 4.79 Å². The Morgan fingerprint density at radius 1 is 1.12 bits per heavy atom. The van der Waals surface area contributed by atoms with E-state index in [-0.39, 0.29) is 11.8 Å². The molecule has 0 spiro atoms. The number of aromatic nitrogens is 4. The SMILES string of the molecule is CCCC(CCC)C(=O)Nc1cccc(-c2ccc3nnc(C)n3n2)c1. The first-order valence-electron chi connectivity index (χ1n) is 9.22. The van der Waals surface area contributed by atoms with Crippen LogP contribution in [0.4, 0.5) is 5.69 Å². The van der Waals surface area contributed by atoms with Gasteiger partial charge in [0.05, 0.1) is 5.69 Å². The lowest BCUT2D eigenvalue weighted by atomic mass is 9.97. The maximum atomic E-state index is 12.6. The van der Waals surface area contributed by atoms with Crippen molar-refractivity contribution in [1.29, 1.82) is 0 Å². The van der Waals surface area contributed by atoms with Crippen molar-refractivity contribution in [3.63, 3.8) is 0 Å². The highest BCUT2D eigenvalue weighted by atomic mass is 16.1. The fourth-order valence-electron chi connectivity index (χ4n) is 3.15. The van der Waals surface area contributed by atoms with Gasteiger partial charge in [-0.25, -0.2) is 0 Å². The van der Waals surface area contributed by atoms with E-state index >= 15 is 0 Å². The van der Waals surface area contributed by atoms with Gasteiger partial charge in [-0.1, -0.05) is 38.8 Å². The van der Waals surface area contributed by atoms with Crippen LogP contribution in [0, 0.1) is 12.8 Å². The molecule has 0 atom stereocenters. The third kappa shape index (κ3) is 3.90. The van der Waals surface area contributed by atoms with Gasteiger partial charge in [-0.2, -0.15) is 9.61 Å². The molecule has 0 saturated heterocycles. The van der Waals surface area contributed by atoms with Crippen molar-refractivity contribution in [2.75, 3.05) is 5.32 Å². The van der Waals surface area contributed by atoms with E-state index in [0.717, 1.165) is 54.1 Å². The number of rotatable bonds is 7. The predicted molar refractivity (Wildman–Crippen MR) is 103 cm³/mol. The summed E-state index contributed by atoms with van der Waals surface area (Å²) in [6.07, 6.45) is 3.87. The quantitative estimate of drug-likeness (QED) is 0.690. The van der Waals surface area contributed by atoms with Crippen LogP contribution in [0.5, 0.6) is 0 Å². The standard InChI is InChI=1S/C20H25N5O/c1-4-7-15(8-5-2)20(26)21-17-10-6-9-16(13-17)18-11-12-19-23-22-14(3)25(19)24-18/h6,9-13,15H,4-5,7-8H2,1-3H3,(H,21,26). The minimum atomic E-state index is 0.0720. The summed E-state index contributed by atoms with van der Waals surface area (Å²) in [5.74, 6) is 0.917. The second-order valence-corrected chi connectivity index (χ2v) is 6.58. The van der Waals surface area contributed by atoms with Gasteiger partial charge in [0.2, 0.25) is 5.91 Å². The fraction of sp³-hybridized carbons (Fsp3) is 0.400. The molecule has 0 aliphatic heterocycles. The molecular weight excluding hydrogens is 326 g/mol. The maximum Gasteiger partial charge on any atom is 0.227 e. The number of amides is 1. The summed E-state index contributed by atoms with van der Waals surface area (Å²) in [5, 5.41) is 15.8. The molecule has 1 aromatic carbocycles. The van der Waals surface area contributed by atoms with E-state index in [9.17, 15) is 4.79 Å². The summed E-state index contributed by atoms with van der Waals surface area (Å²) < 4.78 is 1.72. The summed E-state index contributed by atoms with van der Waals surface area (Å²) in [6.45, 7) is 6.10. The molecule has 0 radical (unpaired) electrons. The molecule has 1 amide bonds. The zero-order valence-electron chi connectivity index (χ0n) is 15.6. The summed E-state index contributed by atoms with van der Waals surface area (Å²) in [4.78, 5) is 12.6. The Morgan fingerprint density at radius 2 is 1.88 bits per heavy atom. The Labute approximate surface area is 153 Å². The van der Waals surface area contributed by atoms with Gasteiger partial charge in [0.25, 0.3) is 0 Å². The van der Waals surface area contributed by atoms with Crippen LogP contribution in [-0.4, -0.2) is 25.7 Å². The first-order chi connectivity index (χ1) is 12.6. The second-order valence-electron chi connectivity index (χ2n) is 6.58. The Kier molecular flexibility index (Phi) is 5.61. The summed E-state index contributed by atoms with van der Waals surface area (Å²) in [5.41, 5.74) is 3.28. The number of anilines is 1. The Bertz CT molecular complexity index is 896. The minimum absolute atomic E-state index is 0.0720. The fourth-order valence-corrected chi connectivity index (χ4v) is 3.15. The van der Waals surface area contributed by atoms with Crippen molar-refractivity contribution in [2.24, 2.45) is 5.92 Å². The van der Waals surface area contributed by atoms with Gasteiger partial charge in [-0.15, -0.1) is 10.2 Å². The van der Waals surface area contributed by atoms with Crippen LogP contribution in [0.25, 0.3) is 16.9 Å². The molecule has 26 heavy (non-hydrogen) atoms. The van der Waals surface area contributed by atoms with Crippen molar-refractivity contribution in [3.05, 3.63) is 42.2 Å². The van der Waals surface area contributed by atoms with Crippen LogP contribution in [0.2, 0.25) is 0 Å². The highest BCUT2D eigenvalue weighted by Crippen LogP contribution is 2.23. The Balaban J connectivity index is 1.82. The van der Waals surface area contributed by atoms with Crippen molar-refractivity contribution in [1.82, 2.24) is 19.8 Å². The largest absolute Gasteiger partial charge is 0.326 e. The van der Waals surface area contributed by atoms with E-state index in [4.69, 9.17) is 0 Å². The van der Waals surface area contributed by atoms with E-state index in [1.165, 1.54) is 0 Å². The average molecular weight is 351 g/mol. The molecule has 0 fully saturated rings. The van der Waals surface area contributed by atoms with Crippen LogP contribution in [0.15, 0.2) is 36.4 Å². The molecule has 0 unspecified atom stereocenters. The molecule has 6 nitrogen and oxygen atoms in total. The Morgan fingerprint density at radius 3 is 2.62 bits per heavy atom. The average Bonchev–Trinajstić information content (AvgIpc) is 3.02. The highest BCUT2D eigenvalue weighted by Gasteiger charge is 2.17. The number of nitrogens with one attached hydrogen (secondary N) is 1. The lowest BCUT2D eigenvalue weighted by Crippen LogP contribution is -2.22. The van der Waals surface area contributed by atoms with Crippen molar-refractivity contribution in [2.45, 2.75) is 46.5 Å². The molecule has 0 saturated carbocycles. The van der Waals surface area contributed by atoms with Gasteiger partial charge in [0.15, 0.2) is 11.5 Å². The summed E-state index contributed by atoms with van der Waals surface area (Å²) in [6, 6.07) is 11.6. The molecule has 1 N–H and O–H groups in total. The number of carbonyl (C=O) groups excluding carboxylic acids is 1. The predicted octanol–water partition coefficient (Wildman–Crippen LogP) is 4.25. The number of aryl methyl sites for hydroxylation is 1. The van der Waals surface area contributed by atoms with Crippen molar-refractivity contribution >= 4 is 17.2 Å². The lowest BCUT2D eigenvalue weighted by Gasteiger charge is -2.15. The molecular formula is C20H25N5O. The van der Waals surface area contributed by atoms with Crippen molar-refractivity contribution < 1.29 is 4.79 Å². The number of carbonyl (C=O) groups is 1. The smallest absolute Gasteiger partial charge is 0.227 e. The molecule has 2 heterocycles. The third-order valence-corrected chi connectivity index (χ3v) is 4.49. The maximum absolute atomic E-state index is 12.6. The van der Waals surface area contributed by atoms with E-state index in [1.807, 2.05) is 43.3 Å². The number of benzene rings is 1. The molecule has 6 heteroatoms. The first kappa shape index (κ1) is 18.0. The number of hydrogen-bond donors (Lipinski definition) is 1. The van der Waals surface area contributed by atoms with E-state index in [0.29, 0.717) is 0 Å². The monoisotopic (exact) mass is 351 g/mol. The minimum Gasteiger partial charge on any atom is -0.326 e. The third-order valence-electron chi connectivity index (χ3n) is 4.49. The topological polar surface area (TPSA) is 72.2 Å². The molecule has 3 aromatic rings. The van der Waals surface area contributed by atoms with Gasteiger partial charge >= 0.3 is 0 Å². The molecule has 3 rings (SSSR count). The summed E-state index contributed by atoms with van der Waals surface area (Å²) in [7, 11) is 0. The van der Waals surface area contributed by atoms with E-state index in [1.54, 1.807) is 4.52 Å². The molecule has 136 valence electrons. The van der Waals surface area contributed by atoms with E-state index in [2.05, 4.69) is 34.5 Å². The van der Waals surface area contributed by atoms with E-state index < -0.39 is 0 Å². The van der Waals surface area contributed by atoms with Crippen LogP contribution in [0.3, 0.4) is 0 Å².